The van der Waals surface area contributed by atoms with Crippen molar-refractivity contribution >= 4 is 17.6 Å². The molecule has 0 spiro atoms. The highest BCUT2D eigenvalue weighted by molar-refractivity contribution is 6.13. The number of amides is 2. The number of carbonyl (C=O) groups is 3. The van der Waals surface area contributed by atoms with Gasteiger partial charge in [-0.25, -0.2) is 0 Å². The smallest absolute Gasteiger partial charge is 0.253 e. The Bertz CT molecular complexity index is 263. The number of carbonyl (C=O) groups excluding carboxylic acids is 3. The van der Waals surface area contributed by atoms with Crippen molar-refractivity contribution in [3.63, 3.8) is 0 Å². The molecule has 0 aromatic rings. The first-order chi connectivity index (χ1) is 6.15. The zero-order valence-corrected chi connectivity index (χ0v) is 7.45. The second-order valence-electron chi connectivity index (χ2n) is 2.80. The van der Waals surface area contributed by atoms with Crippen LogP contribution in [0.4, 0.5) is 0 Å². The summed E-state index contributed by atoms with van der Waals surface area (Å²) >= 11 is 0. The molecule has 0 radical (unpaired) electrons. The number of rotatable bonds is 4. The third-order valence-corrected chi connectivity index (χ3v) is 1.91. The van der Waals surface area contributed by atoms with Crippen LogP contribution in [0.2, 0.25) is 0 Å². The largest absolute Gasteiger partial charge is 0.300 e. The van der Waals surface area contributed by atoms with Crippen LogP contribution in [0, 0.1) is 0 Å². The standard InChI is InChI=1S/C9H11NO3/c1-2-7(11)5-6-10-8(12)3-4-9(10)13/h3-4H,2,5-6H2,1H3. The van der Waals surface area contributed by atoms with E-state index in [2.05, 4.69) is 0 Å². The van der Waals surface area contributed by atoms with E-state index in [-0.39, 0.29) is 30.6 Å². The Morgan fingerprint density at radius 3 is 2.31 bits per heavy atom. The molecule has 1 heterocycles. The number of hydrogen-bond donors (Lipinski definition) is 0. The normalized spacial score (nSPS) is 15.6. The topological polar surface area (TPSA) is 54.5 Å². The first-order valence-electron chi connectivity index (χ1n) is 4.20. The molecule has 0 aromatic carbocycles. The summed E-state index contributed by atoms with van der Waals surface area (Å²) in [4.78, 5) is 34.0. The molecule has 0 aliphatic carbocycles. The van der Waals surface area contributed by atoms with Crippen LogP contribution in [0.3, 0.4) is 0 Å². The summed E-state index contributed by atoms with van der Waals surface area (Å²) in [6, 6.07) is 0. The van der Waals surface area contributed by atoms with E-state index in [0.717, 1.165) is 4.90 Å². The molecule has 1 rings (SSSR count). The summed E-state index contributed by atoms with van der Waals surface area (Å²) in [7, 11) is 0. The fourth-order valence-electron chi connectivity index (χ4n) is 1.06. The van der Waals surface area contributed by atoms with Gasteiger partial charge in [0.25, 0.3) is 11.8 Å². The molecule has 0 fully saturated rings. The van der Waals surface area contributed by atoms with Gasteiger partial charge in [-0.15, -0.1) is 0 Å². The molecule has 0 bridgehead atoms. The lowest BCUT2D eigenvalue weighted by Gasteiger charge is -2.11. The van der Waals surface area contributed by atoms with E-state index in [4.69, 9.17) is 0 Å². The van der Waals surface area contributed by atoms with Crippen LogP contribution in [0.15, 0.2) is 12.2 Å². The minimum atomic E-state index is -0.325. The summed E-state index contributed by atoms with van der Waals surface area (Å²) in [5.41, 5.74) is 0. The van der Waals surface area contributed by atoms with Gasteiger partial charge in [-0.2, -0.15) is 0 Å². The van der Waals surface area contributed by atoms with Crippen molar-refractivity contribution in [3.05, 3.63) is 12.2 Å². The molecule has 4 nitrogen and oxygen atoms in total. The van der Waals surface area contributed by atoms with Crippen LogP contribution in [-0.4, -0.2) is 29.0 Å². The Hall–Kier alpha value is -1.45. The number of hydrogen-bond acceptors (Lipinski definition) is 3. The summed E-state index contributed by atoms with van der Waals surface area (Å²) in [5, 5.41) is 0. The van der Waals surface area contributed by atoms with Crippen LogP contribution in [0.5, 0.6) is 0 Å². The molecule has 1 aliphatic rings. The Balaban J connectivity index is 2.42. The van der Waals surface area contributed by atoms with E-state index in [0.29, 0.717) is 6.42 Å². The summed E-state index contributed by atoms with van der Waals surface area (Å²) in [6.07, 6.45) is 3.15. The van der Waals surface area contributed by atoms with E-state index < -0.39 is 0 Å². The SMILES string of the molecule is CCC(=O)CCN1C(=O)C=CC1=O. The number of nitrogens with zero attached hydrogens (tertiary/aromatic N) is 1. The third kappa shape index (κ3) is 2.24. The lowest BCUT2D eigenvalue weighted by molar-refractivity contribution is -0.137. The quantitative estimate of drug-likeness (QED) is 0.585. The monoisotopic (exact) mass is 181 g/mol. The molecule has 70 valence electrons. The molecule has 0 aromatic heterocycles. The van der Waals surface area contributed by atoms with Gasteiger partial charge in [0.2, 0.25) is 0 Å². The maximum Gasteiger partial charge on any atom is 0.253 e. The first-order valence-corrected chi connectivity index (χ1v) is 4.20. The van der Waals surface area contributed by atoms with Gasteiger partial charge in [0, 0.05) is 31.5 Å². The molecule has 0 unspecified atom stereocenters. The lowest BCUT2D eigenvalue weighted by atomic mass is 10.2. The average Bonchev–Trinajstić information content (AvgIpc) is 2.43. The van der Waals surface area contributed by atoms with Gasteiger partial charge in [0.05, 0.1) is 0 Å². The van der Waals surface area contributed by atoms with Crippen LogP contribution in [-0.2, 0) is 14.4 Å². The summed E-state index contributed by atoms with van der Waals surface area (Å²) < 4.78 is 0. The summed E-state index contributed by atoms with van der Waals surface area (Å²) in [5.74, 6) is -0.588. The van der Waals surface area contributed by atoms with Gasteiger partial charge in [-0.3, -0.25) is 19.3 Å². The van der Waals surface area contributed by atoms with E-state index in [1.54, 1.807) is 6.92 Å². The van der Waals surface area contributed by atoms with Gasteiger partial charge < -0.3 is 0 Å². The zero-order valence-electron chi connectivity index (χ0n) is 7.45. The van der Waals surface area contributed by atoms with Crippen LogP contribution in [0.1, 0.15) is 19.8 Å². The molecule has 0 saturated carbocycles. The maximum atomic E-state index is 11.0. The molecule has 0 atom stereocenters. The second kappa shape index (κ2) is 3.98. The Kier molecular flexibility index (Phi) is 2.95. The van der Waals surface area contributed by atoms with Crippen molar-refractivity contribution in [1.29, 1.82) is 0 Å². The fourth-order valence-corrected chi connectivity index (χ4v) is 1.06. The van der Waals surface area contributed by atoms with Crippen molar-refractivity contribution in [2.75, 3.05) is 6.54 Å². The molecule has 13 heavy (non-hydrogen) atoms. The highest BCUT2D eigenvalue weighted by Crippen LogP contribution is 2.04. The highest BCUT2D eigenvalue weighted by atomic mass is 16.2. The number of ketones is 1. The molecule has 0 saturated heterocycles. The first kappa shape index (κ1) is 9.64. The maximum absolute atomic E-state index is 11.0. The van der Waals surface area contributed by atoms with Crippen molar-refractivity contribution in [1.82, 2.24) is 4.90 Å². The molecule has 2 amide bonds. The molecule has 1 aliphatic heterocycles. The predicted octanol–water partition coefficient (Wildman–Crippen LogP) is 0.281. The zero-order chi connectivity index (χ0) is 9.84. The van der Waals surface area contributed by atoms with Gasteiger partial charge in [-0.05, 0) is 0 Å². The van der Waals surface area contributed by atoms with Gasteiger partial charge >= 0.3 is 0 Å². The number of imide groups is 1. The average molecular weight is 181 g/mol. The van der Waals surface area contributed by atoms with Crippen LogP contribution in [0.25, 0.3) is 0 Å². The van der Waals surface area contributed by atoms with Crippen molar-refractivity contribution in [2.24, 2.45) is 0 Å². The van der Waals surface area contributed by atoms with Crippen molar-refractivity contribution in [3.8, 4) is 0 Å². The van der Waals surface area contributed by atoms with E-state index in [1.807, 2.05) is 0 Å². The molecular weight excluding hydrogens is 170 g/mol. The van der Waals surface area contributed by atoms with Gasteiger partial charge in [-0.1, -0.05) is 6.92 Å². The van der Waals surface area contributed by atoms with E-state index in [9.17, 15) is 14.4 Å². The highest BCUT2D eigenvalue weighted by Gasteiger charge is 2.22. The third-order valence-electron chi connectivity index (χ3n) is 1.91. The molecule has 0 N–H and O–H groups in total. The molecule has 4 heteroatoms. The van der Waals surface area contributed by atoms with Crippen molar-refractivity contribution in [2.45, 2.75) is 19.8 Å². The second-order valence-corrected chi connectivity index (χ2v) is 2.80. The minimum Gasteiger partial charge on any atom is -0.300 e. The van der Waals surface area contributed by atoms with Gasteiger partial charge in [0.1, 0.15) is 5.78 Å². The van der Waals surface area contributed by atoms with Crippen molar-refractivity contribution < 1.29 is 14.4 Å². The Morgan fingerprint density at radius 2 is 1.85 bits per heavy atom. The van der Waals surface area contributed by atoms with E-state index in [1.165, 1.54) is 12.2 Å². The Morgan fingerprint density at radius 1 is 1.31 bits per heavy atom. The summed E-state index contributed by atoms with van der Waals surface area (Å²) in [6.45, 7) is 1.96. The number of Topliss-reactive ketones (excluding diaryl/α,β-unsaturated/α-hetero) is 1. The fraction of sp³-hybridized carbons (Fsp3) is 0.444. The predicted molar refractivity (Wildman–Crippen MR) is 45.8 cm³/mol. The van der Waals surface area contributed by atoms with Gasteiger partial charge in [0.15, 0.2) is 0 Å². The van der Waals surface area contributed by atoms with E-state index >= 15 is 0 Å². The van der Waals surface area contributed by atoms with Crippen LogP contribution >= 0.6 is 0 Å². The minimum absolute atomic E-state index is 0.0625. The lowest BCUT2D eigenvalue weighted by Crippen LogP contribution is -2.31. The Labute approximate surface area is 76.2 Å². The molecular formula is C9H11NO3. The van der Waals surface area contributed by atoms with Crippen LogP contribution < -0.4 is 0 Å².